The lowest BCUT2D eigenvalue weighted by molar-refractivity contribution is -0.122. The average molecular weight is 554 g/mol. The number of nitrogens with zero attached hydrogens (tertiary/aromatic N) is 5. The van der Waals surface area contributed by atoms with E-state index in [0.29, 0.717) is 67.6 Å². The van der Waals surface area contributed by atoms with Crippen molar-refractivity contribution in [3.63, 3.8) is 0 Å². The third kappa shape index (κ3) is 6.96. The second-order valence-electron chi connectivity index (χ2n) is 9.81. The number of anilines is 1. The Bertz CT molecular complexity index is 1360. The number of nitrogens with two attached hydrogens (primary N) is 1. The van der Waals surface area contributed by atoms with E-state index < -0.39 is 5.91 Å². The van der Waals surface area contributed by atoms with Crippen LogP contribution in [0.5, 0.6) is 5.75 Å². The van der Waals surface area contributed by atoms with Gasteiger partial charge in [0.2, 0.25) is 17.8 Å². The third-order valence-corrected chi connectivity index (χ3v) is 6.68. The van der Waals surface area contributed by atoms with E-state index in [1.165, 1.54) is 0 Å². The number of nitrogens with one attached hydrogen (secondary N) is 3. The molecule has 1 saturated heterocycles. The lowest BCUT2D eigenvalue weighted by atomic mass is 10.1. The molecule has 13 nitrogen and oxygen atoms in total. The number of carbonyl (C=O) groups excluding carboxylic acids is 3. The molecule has 0 saturated carbocycles. The summed E-state index contributed by atoms with van der Waals surface area (Å²) in [6, 6.07) is 4.93. The molecule has 3 aromatic rings. The van der Waals surface area contributed by atoms with E-state index in [4.69, 9.17) is 10.5 Å². The van der Waals surface area contributed by atoms with Gasteiger partial charge in [-0.15, -0.1) is 0 Å². The van der Waals surface area contributed by atoms with Crippen LogP contribution in [-0.2, 0) is 17.9 Å². The molecule has 0 unspecified atom stereocenters. The smallest absolute Gasteiger partial charge is 0.276 e. The maximum atomic E-state index is 13.2. The number of piperazine rings is 1. The van der Waals surface area contributed by atoms with E-state index >= 15 is 0 Å². The molecule has 1 fully saturated rings. The summed E-state index contributed by atoms with van der Waals surface area (Å²) in [5, 5.41) is 13.5. The topological polar surface area (TPSA) is 161 Å². The van der Waals surface area contributed by atoms with Crippen molar-refractivity contribution in [2.45, 2.75) is 46.7 Å². The zero-order chi connectivity index (χ0) is 28.6. The molecular weight excluding hydrogens is 514 g/mol. The molecule has 0 atom stereocenters. The summed E-state index contributed by atoms with van der Waals surface area (Å²) in [5.74, 6) is -0.167. The highest BCUT2D eigenvalue weighted by Crippen LogP contribution is 2.31. The maximum absolute atomic E-state index is 13.2. The van der Waals surface area contributed by atoms with Crippen molar-refractivity contribution in [2.75, 3.05) is 51.2 Å². The van der Waals surface area contributed by atoms with Gasteiger partial charge in [-0.1, -0.05) is 6.92 Å². The van der Waals surface area contributed by atoms with Gasteiger partial charge in [0, 0.05) is 51.4 Å². The molecule has 0 spiro atoms. The molecule has 5 N–H and O–H groups in total. The lowest BCUT2D eigenvalue weighted by Crippen LogP contribution is -2.47. The highest BCUT2D eigenvalue weighted by atomic mass is 16.5. The predicted octanol–water partition coefficient (Wildman–Crippen LogP) is 1.11. The summed E-state index contributed by atoms with van der Waals surface area (Å²) < 4.78 is 9.62. The first-order valence-corrected chi connectivity index (χ1v) is 13.8. The van der Waals surface area contributed by atoms with E-state index in [0.717, 1.165) is 38.3 Å². The van der Waals surface area contributed by atoms with Crippen molar-refractivity contribution in [3.05, 3.63) is 35.2 Å². The van der Waals surface area contributed by atoms with Gasteiger partial charge in [0.05, 0.1) is 24.4 Å². The van der Waals surface area contributed by atoms with Gasteiger partial charge in [-0.05, 0) is 44.9 Å². The standard InChI is InChI=1S/C27H39N9O4/c1-4-10-35-24-20(31-27(35)32-26(39)21-14-18(3)33-36(21)5-2)15-19(25(28)38)16-22(24)40-13-6-7-30-23(37)17-34-11-8-29-9-12-34/h14-16,29H,4-13,17H2,1-3H3,(H2,28,38)(H,30,37)(H,31,32,39). The molecule has 1 aromatic carbocycles. The number of rotatable bonds is 13. The van der Waals surface area contributed by atoms with E-state index in [1.807, 2.05) is 25.3 Å². The molecule has 3 heterocycles. The van der Waals surface area contributed by atoms with Crippen LogP contribution in [-0.4, -0.2) is 87.8 Å². The van der Waals surface area contributed by atoms with Gasteiger partial charge in [0.15, 0.2) is 0 Å². The Morgan fingerprint density at radius 1 is 1.15 bits per heavy atom. The van der Waals surface area contributed by atoms with E-state index in [2.05, 4.69) is 30.9 Å². The highest BCUT2D eigenvalue weighted by Gasteiger charge is 2.21. The highest BCUT2D eigenvalue weighted by molar-refractivity contribution is 6.04. The second kappa shape index (κ2) is 13.4. The van der Waals surface area contributed by atoms with Crippen molar-refractivity contribution in [2.24, 2.45) is 5.73 Å². The minimum absolute atomic E-state index is 0.0129. The number of carbonyl (C=O) groups is 3. The van der Waals surface area contributed by atoms with Crippen molar-refractivity contribution in [1.82, 2.24) is 34.9 Å². The summed E-state index contributed by atoms with van der Waals surface area (Å²) in [7, 11) is 0. The fourth-order valence-corrected chi connectivity index (χ4v) is 4.76. The summed E-state index contributed by atoms with van der Waals surface area (Å²) >= 11 is 0. The Morgan fingerprint density at radius 2 is 1.93 bits per heavy atom. The Hall–Kier alpha value is -3.97. The van der Waals surface area contributed by atoms with Gasteiger partial charge in [-0.2, -0.15) is 5.10 Å². The molecule has 216 valence electrons. The van der Waals surface area contributed by atoms with Crippen molar-refractivity contribution in [1.29, 1.82) is 0 Å². The number of primary amides is 1. The van der Waals surface area contributed by atoms with Crippen LogP contribution in [0, 0.1) is 6.92 Å². The number of amides is 3. The van der Waals surface area contributed by atoms with Gasteiger partial charge in [0.1, 0.15) is 17.0 Å². The third-order valence-electron chi connectivity index (χ3n) is 6.68. The summed E-state index contributed by atoms with van der Waals surface area (Å²) in [6.45, 7) is 11.5. The van der Waals surface area contributed by atoms with Gasteiger partial charge in [0.25, 0.3) is 5.91 Å². The fraction of sp³-hybridized carbons (Fsp3) is 0.519. The number of imidazole rings is 1. The quantitative estimate of drug-likeness (QED) is 0.229. The number of aromatic nitrogens is 4. The fourth-order valence-electron chi connectivity index (χ4n) is 4.76. The normalized spacial score (nSPS) is 13.9. The number of fused-ring (bicyclic) bond motifs is 1. The maximum Gasteiger partial charge on any atom is 0.276 e. The average Bonchev–Trinajstić information content (AvgIpc) is 3.48. The minimum atomic E-state index is -0.607. The van der Waals surface area contributed by atoms with Crippen LogP contribution in [0.4, 0.5) is 5.95 Å². The van der Waals surface area contributed by atoms with Crippen LogP contribution in [0.3, 0.4) is 0 Å². The Balaban J connectivity index is 1.49. The molecule has 40 heavy (non-hydrogen) atoms. The predicted molar refractivity (Wildman–Crippen MR) is 152 cm³/mol. The van der Waals surface area contributed by atoms with Crippen LogP contribution in [0.1, 0.15) is 53.2 Å². The van der Waals surface area contributed by atoms with Crippen LogP contribution in [0.25, 0.3) is 11.0 Å². The number of aryl methyl sites for hydroxylation is 3. The molecule has 1 aliphatic heterocycles. The molecule has 2 aromatic heterocycles. The molecule has 4 rings (SSSR count). The molecule has 13 heteroatoms. The Morgan fingerprint density at radius 3 is 2.62 bits per heavy atom. The summed E-state index contributed by atoms with van der Waals surface area (Å²) in [4.78, 5) is 44.2. The van der Waals surface area contributed by atoms with E-state index in [1.54, 1.807) is 22.9 Å². The van der Waals surface area contributed by atoms with E-state index in [-0.39, 0.29) is 17.4 Å². The van der Waals surface area contributed by atoms with Gasteiger partial charge < -0.3 is 25.7 Å². The molecule has 0 bridgehead atoms. The van der Waals surface area contributed by atoms with Crippen LogP contribution >= 0.6 is 0 Å². The van der Waals surface area contributed by atoms with Gasteiger partial charge in [-0.3, -0.25) is 29.3 Å². The van der Waals surface area contributed by atoms with Crippen LogP contribution in [0.15, 0.2) is 18.2 Å². The first-order valence-electron chi connectivity index (χ1n) is 13.8. The first-order chi connectivity index (χ1) is 19.3. The number of ether oxygens (including phenoxy) is 1. The molecule has 0 radical (unpaired) electrons. The van der Waals surface area contributed by atoms with Crippen LogP contribution in [0.2, 0.25) is 0 Å². The molecule has 3 amide bonds. The molecular formula is C27H39N9O4. The summed E-state index contributed by atoms with van der Waals surface area (Å²) in [5.41, 5.74) is 8.17. The summed E-state index contributed by atoms with van der Waals surface area (Å²) in [6.07, 6.45) is 1.35. The van der Waals surface area contributed by atoms with Gasteiger partial charge in [-0.25, -0.2) is 4.98 Å². The monoisotopic (exact) mass is 553 g/mol. The zero-order valence-electron chi connectivity index (χ0n) is 23.5. The zero-order valence-corrected chi connectivity index (χ0v) is 23.5. The second-order valence-corrected chi connectivity index (χ2v) is 9.81. The number of hydrogen-bond donors (Lipinski definition) is 4. The SMILES string of the molecule is CCCn1c(NC(=O)c2cc(C)nn2CC)nc2cc(C(N)=O)cc(OCCCNC(=O)CN3CCNCC3)c21. The van der Waals surface area contributed by atoms with E-state index in [9.17, 15) is 14.4 Å². The van der Waals surface area contributed by atoms with Crippen molar-refractivity contribution in [3.8, 4) is 5.75 Å². The first kappa shape index (κ1) is 29.0. The lowest BCUT2D eigenvalue weighted by Gasteiger charge is -2.26. The van der Waals surface area contributed by atoms with Crippen LogP contribution < -0.4 is 26.4 Å². The Labute approximate surface area is 233 Å². The Kier molecular flexibility index (Phi) is 9.72. The largest absolute Gasteiger partial charge is 0.491 e. The minimum Gasteiger partial charge on any atom is -0.491 e. The number of hydrogen-bond acceptors (Lipinski definition) is 8. The van der Waals surface area contributed by atoms with Crippen molar-refractivity contribution < 1.29 is 19.1 Å². The molecule has 0 aliphatic carbocycles. The van der Waals surface area contributed by atoms with Gasteiger partial charge >= 0.3 is 0 Å². The number of benzene rings is 1. The van der Waals surface area contributed by atoms with Crippen molar-refractivity contribution >= 4 is 34.7 Å². The molecule has 1 aliphatic rings.